The van der Waals surface area contributed by atoms with Crippen molar-refractivity contribution in [3.63, 3.8) is 0 Å². The molecule has 0 aliphatic carbocycles. The number of aryl methyl sites for hydroxylation is 1. The number of halogens is 1. The van der Waals surface area contributed by atoms with Crippen molar-refractivity contribution in [3.8, 4) is 11.5 Å². The van der Waals surface area contributed by atoms with Crippen LogP contribution in [0.25, 0.3) is 0 Å². The fourth-order valence-corrected chi connectivity index (χ4v) is 3.59. The van der Waals surface area contributed by atoms with Crippen LogP contribution in [-0.2, 0) is 6.61 Å². The van der Waals surface area contributed by atoms with E-state index >= 15 is 0 Å². The quantitative estimate of drug-likeness (QED) is 0.297. The number of carbonyl (C=O) groups excluding carboxylic acids is 1. The smallest absolute Gasteiger partial charge is 0.204 e. The van der Waals surface area contributed by atoms with Crippen LogP contribution in [0.5, 0.6) is 11.5 Å². The normalized spacial score (nSPS) is 10.9. The molecule has 0 radical (unpaired) electrons. The van der Waals surface area contributed by atoms with Crippen LogP contribution in [0, 0.1) is 6.92 Å². The molecule has 8 heteroatoms. The summed E-state index contributed by atoms with van der Waals surface area (Å²) in [5.74, 6) is 1.19. The van der Waals surface area contributed by atoms with E-state index in [0.717, 1.165) is 11.1 Å². The van der Waals surface area contributed by atoms with Crippen LogP contribution >= 0.6 is 22.9 Å². The predicted octanol–water partition coefficient (Wildman–Crippen LogP) is 5.34. The molecule has 0 unspecified atom stereocenters. The molecule has 0 bridgehead atoms. The third-order valence-electron chi connectivity index (χ3n) is 4.02. The Bertz CT molecular complexity index is 1050. The number of carbonyl (C=O) groups is 1. The Hall–Kier alpha value is -2.90. The average molecular weight is 430 g/mol. The molecule has 150 valence electrons. The van der Waals surface area contributed by atoms with Gasteiger partial charge in [0.2, 0.25) is 5.13 Å². The van der Waals surface area contributed by atoms with E-state index in [-0.39, 0.29) is 5.78 Å². The summed E-state index contributed by atoms with van der Waals surface area (Å²) in [5.41, 5.74) is 5.27. The first kappa shape index (κ1) is 20.8. The summed E-state index contributed by atoms with van der Waals surface area (Å²) in [4.78, 5) is 16.4. The minimum atomic E-state index is -0.00542. The third-order valence-corrected chi connectivity index (χ3v) is 5.55. The van der Waals surface area contributed by atoms with Crippen LogP contribution in [0.2, 0.25) is 5.02 Å². The van der Waals surface area contributed by atoms with Gasteiger partial charge in [-0.05, 0) is 36.8 Å². The van der Waals surface area contributed by atoms with Crippen LogP contribution in [0.1, 0.15) is 33.4 Å². The van der Waals surface area contributed by atoms with Crippen LogP contribution < -0.4 is 14.9 Å². The highest BCUT2D eigenvalue weighted by atomic mass is 35.5. The molecule has 3 rings (SSSR count). The fraction of sp³-hybridized carbons (Fsp3) is 0.190. The molecule has 1 heterocycles. The molecule has 0 spiro atoms. The molecule has 0 fully saturated rings. The highest BCUT2D eigenvalue weighted by Crippen LogP contribution is 2.29. The van der Waals surface area contributed by atoms with E-state index in [9.17, 15) is 4.79 Å². The van der Waals surface area contributed by atoms with Crippen LogP contribution in [0.3, 0.4) is 0 Å². The molecular weight excluding hydrogens is 410 g/mol. The number of rotatable bonds is 8. The minimum absolute atomic E-state index is 0.00542. The van der Waals surface area contributed by atoms with Crippen molar-refractivity contribution in [1.29, 1.82) is 0 Å². The zero-order valence-corrected chi connectivity index (χ0v) is 17.8. The maximum absolute atomic E-state index is 11.5. The lowest BCUT2D eigenvalue weighted by molar-refractivity contribution is 0.102. The summed E-state index contributed by atoms with van der Waals surface area (Å²) in [6, 6.07) is 13.0. The lowest BCUT2D eigenvalue weighted by Gasteiger charge is -2.12. The number of hydrazone groups is 1. The van der Waals surface area contributed by atoms with Gasteiger partial charge < -0.3 is 9.47 Å². The first-order valence-electron chi connectivity index (χ1n) is 8.79. The summed E-state index contributed by atoms with van der Waals surface area (Å²) < 4.78 is 11.3. The number of thiazole rings is 1. The molecule has 1 N–H and O–H groups in total. The van der Waals surface area contributed by atoms with E-state index in [0.29, 0.717) is 38.8 Å². The number of aromatic nitrogens is 1. The van der Waals surface area contributed by atoms with Crippen molar-refractivity contribution in [3.05, 3.63) is 69.2 Å². The number of ketones is 1. The zero-order valence-electron chi connectivity index (χ0n) is 16.2. The third kappa shape index (κ3) is 5.34. The molecule has 0 amide bonds. The van der Waals surface area contributed by atoms with Gasteiger partial charge in [0.15, 0.2) is 17.3 Å². The number of nitrogens with one attached hydrogen (secondary N) is 1. The van der Waals surface area contributed by atoms with E-state index in [1.54, 1.807) is 20.2 Å². The second-order valence-corrected chi connectivity index (χ2v) is 7.56. The Balaban J connectivity index is 1.66. The molecule has 3 aromatic rings. The molecule has 6 nitrogen and oxygen atoms in total. The highest BCUT2D eigenvalue weighted by Gasteiger charge is 2.11. The Morgan fingerprint density at radius 2 is 2.07 bits per heavy atom. The van der Waals surface area contributed by atoms with Gasteiger partial charge in [-0.15, -0.1) is 0 Å². The standard InChI is InChI=1S/C21H20ClN3O3S/c1-13-20(14(2)26)29-21(24-13)25-23-11-15-8-9-18(19(10-15)27-3)28-12-16-6-4-5-7-17(16)22/h4-11H,12H2,1-3H3,(H,24,25). The number of hydrogen-bond donors (Lipinski definition) is 1. The second-order valence-electron chi connectivity index (χ2n) is 6.15. The molecule has 0 aliphatic heterocycles. The maximum atomic E-state index is 11.5. The Labute approximate surface area is 178 Å². The second kappa shape index (κ2) is 9.54. The molecule has 29 heavy (non-hydrogen) atoms. The van der Waals surface area contributed by atoms with Crippen molar-refractivity contribution in [2.75, 3.05) is 12.5 Å². The number of benzene rings is 2. The van der Waals surface area contributed by atoms with Gasteiger partial charge in [-0.1, -0.05) is 41.1 Å². The predicted molar refractivity (Wildman–Crippen MR) is 117 cm³/mol. The maximum Gasteiger partial charge on any atom is 0.204 e. The summed E-state index contributed by atoms with van der Waals surface area (Å²) >= 11 is 7.44. The van der Waals surface area contributed by atoms with E-state index in [1.165, 1.54) is 18.3 Å². The Kier molecular flexibility index (Phi) is 6.85. The summed E-state index contributed by atoms with van der Waals surface area (Å²) in [6.45, 7) is 3.66. The van der Waals surface area contributed by atoms with Crippen molar-refractivity contribution >= 4 is 40.1 Å². The first-order chi connectivity index (χ1) is 14.0. The largest absolute Gasteiger partial charge is 0.493 e. The first-order valence-corrected chi connectivity index (χ1v) is 9.99. The summed E-state index contributed by atoms with van der Waals surface area (Å²) in [7, 11) is 1.58. The topological polar surface area (TPSA) is 72.8 Å². The molecular formula is C21H20ClN3O3S. The fourth-order valence-electron chi connectivity index (χ4n) is 2.59. The van der Waals surface area contributed by atoms with Crippen LogP contribution in [-0.4, -0.2) is 24.1 Å². The Morgan fingerprint density at radius 3 is 2.76 bits per heavy atom. The molecule has 1 aromatic heterocycles. The van der Waals surface area contributed by atoms with Gasteiger partial charge in [0.05, 0.1) is 23.9 Å². The molecule has 0 saturated carbocycles. The Morgan fingerprint density at radius 1 is 1.28 bits per heavy atom. The number of nitrogens with zero attached hydrogens (tertiary/aromatic N) is 2. The zero-order chi connectivity index (χ0) is 20.8. The van der Waals surface area contributed by atoms with Gasteiger partial charge in [-0.2, -0.15) is 5.10 Å². The summed E-state index contributed by atoms with van der Waals surface area (Å²) in [6.07, 6.45) is 1.64. The van der Waals surface area contributed by atoms with Crippen molar-refractivity contribution in [1.82, 2.24) is 4.98 Å². The minimum Gasteiger partial charge on any atom is -0.493 e. The monoisotopic (exact) mass is 429 g/mol. The molecule has 0 aliphatic rings. The molecule has 0 atom stereocenters. The molecule has 2 aromatic carbocycles. The van der Waals surface area contributed by atoms with Gasteiger partial charge in [-0.25, -0.2) is 4.98 Å². The average Bonchev–Trinajstić information content (AvgIpc) is 3.08. The van der Waals surface area contributed by atoms with Crippen molar-refractivity contribution in [2.45, 2.75) is 20.5 Å². The van der Waals surface area contributed by atoms with Crippen molar-refractivity contribution in [2.24, 2.45) is 5.10 Å². The van der Waals surface area contributed by atoms with E-state index < -0.39 is 0 Å². The number of ether oxygens (including phenoxy) is 2. The number of methoxy groups -OCH3 is 1. The van der Waals surface area contributed by atoms with Crippen LogP contribution in [0.4, 0.5) is 5.13 Å². The van der Waals surface area contributed by atoms with Gasteiger partial charge in [0, 0.05) is 17.5 Å². The van der Waals surface area contributed by atoms with Gasteiger partial charge in [0.25, 0.3) is 0 Å². The lowest BCUT2D eigenvalue weighted by atomic mass is 10.2. The van der Waals surface area contributed by atoms with Crippen molar-refractivity contribution < 1.29 is 14.3 Å². The summed E-state index contributed by atoms with van der Waals surface area (Å²) in [5, 5.41) is 5.41. The van der Waals surface area contributed by atoms with E-state index in [4.69, 9.17) is 21.1 Å². The SMILES string of the molecule is COc1cc(C=NNc2nc(C)c(C(C)=O)s2)ccc1OCc1ccccc1Cl. The van der Waals surface area contributed by atoms with Gasteiger partial charge >= 0.3 is 0 Å². The van der Waals surface area contributed by atoms with Crippen LogP contribution in [0.15, 0.2) is 47.6 Å². The number of anilines is 1. The lowest BCUT2D eigenvalue weighted by Crippen LogP contribution is -1.99. The van der Waals surface area contributed by atoms with Gasteiger partial charge in [-0.3, -0.25) is 10.2 Å². The number of Topliss-reactive ketones (excluding diaryl/α,β-unsaturated/α-hetero) is 1. The molecule has 0 saturated heterocycles. The van der Waals surface area contributed by atoms with E-state index in [1.807, 2.05) is 42.5 Å². The highest BCUT2D eigenvalue weighted by molar-refractivity contribution is 7.17. The van der Waals surface area contributed by atoms with E-state index in [2.05, 4.69) is 15.5 Å². The number of hydrogen-bond acceptors (Lipinski definition) is 7. The van der Waals surface area contributed by atoms with Gasteiger partial charge in [0.1, 0.15) is 6.61 Å².